The molecule has 2 aliphatic rings. The van der Waals surface area contributed by atoms with Crippen molar-refractivity contribution in [2.75, 3.05) is 12.0 Å². The second kappa shape index (κ2) is 5.23. The van der Waals surface area contributed by atoms with Gasteiger partial charge >= 0.3 is 5.69 Å². The van der Waals surface area contributed by atoms with Gasteiger partial charge in [-0.05, 0) is 13.8 Å². The van der Waals surface area contributed by atoms with Crippen molar-refractivity contribution < 1.29 is 22.6 Å². The minimum Gasteiger partial charge on any atom is -0.346 e. The first-order valence-corrected chi connectivity index (χ1v) is 8.99. The Balaban J connectivity index is 1.98. The van der Waals surface area contributed by atoms with Crippen LogP contribution in [0, 0.1) is 0 Å². The highest BCUT2D eigenvalue weighted by Crippen LogP contribution is 2.42. The molecule has 3 rings (SSSR count). The zero-order chi connectivity index (χ0) is 17.0. The van der Waals surface area contributed by atoms with Crippen LogP contribution in [0.25, 0.3) is 0 Å². The van der Waals surface area contributed by atoms with Gasteiger partial charge in [-0.25, -0.2) is 13.2 Å². The summed E-state index contributed by atoms with van der Waals surface area (Å²) in [4.78, 5) is 25.1. The predicted octanol–water partition coefficient (Wildman–Crippen LogP) is -1.61. The van der Waals surface area contributed by atoms with E-state index >= 15 is 0 Å². The summed E-state index contributed by atoms with van der Waals surface area (Å²) in [6, 6.07) is 0. The second-order valence-corrected chi connectivity index (χ2v) is 8.29. The van der Waals surface area contributed by atoms with E-state index in [2.05, 4.69) is 10.1 Å². The maximum absolute atomic E-state index is 11.9. The van der Waals surface area contributed by atoms with Gasteiger partial charge in [-0.3, -0.25) is 9.78 Å². The van der Waals surface area contributed by atoms with Crippen molar-refractivity contribution in [2.24, 2.45) is 0 Å². The minimum atomic E-state index is -3.33. The Hall–Kier alpha value is -1.56. The molecular formula is C12H17N3O7S. The molecule has 10 nitrogen and oxygen atoms in total. The van der Waals surface area contributed by atoms with E-state index in [-0.39, 0.29) is 5.75 Å². The van der Waals surface area contributed by atoms with Crippen LogP contribution in [0.15, 0.2) is 15.8 Å². The first-order chi connectivity index (χ1) is 10.6. The number of sulfone groups is 1. The van der Waals surface area contributed by atoms with Crippen molar-refractivity contribution in [1.82, 2.24) is 14.8 Å². The molecule has 0 amide bonds. The molecular weight excluding hydrogens is 330 g/mol. The van der Waals surface area contributed by atoms with Gasteiger partial charge in [0.25, 0.3) is 5.56 Å². The topological polar surface area (TPSA) is 130 Å². The molecule has 3 heterocycles. The molecule has 0 aliphatic carbocycles. The highest BCUT2D eigenvalue weighted by molar-refractivity contribution is 7.90. The number of aromatic nitrogens is 3. The summed E-state index contributed by atoms with van der Waals surface area (Å²) in [5.41, 5.74) is -1.41. The number of hydrogen-bond donors (Lipinski definition) is 1. The smallest absolute Gasteiger partial charge is 0.346 e. The van der Waals surface area contributed by atoms with Gasteiger partial charge in [0.15, 0.2) is 12.0 Å². The van der Waals surface area contributed by atoms with Gasteiger partial charge in [-0.2, -0.15) is 9.78 Å². The average molecular weight is 347 g/mol. The van der Waals surface area contributed by atoms with Crippen LogP contribution in [0.4, 0.5) is 0 Å². The van der Waals surface area contributed by atoms with Crippen LogP contribution in [0.3, 0.4) is 0 Å². The van der Waals surface area contributed by atoms with Crippen molar-refractivity contribution in [3.8, 4) is 0 Å². The molecule has 23 heavy (non-hydrogen) atoms. The molecule has 0 radical (unpaired) electrons. The second-order valence-electron chi connectivity index (χ2n) is 6.11. The van der Waals surface area contributed by atoms with E-state index in [1.807, 2.05) is 0 Å². The minimum absolute atomic E-state index is 0.276. The van der Waals surface area contributed by atoms with Gasteiger partial charge < -0.3 is 14.2 Å². The lowest BCUT2D eigenvalue weighted by Crippen LogP contribution is -2.39. The molecule has 2 fully saturated rings. The number of fused-ring (bicyclic) bond motifs is 1. The molecule has 128 valence electrons. The largest absolute Gasteiger partial charge is 0.347 e. The fourth-order valence-corrected chi connectivity index (χ4v) is 3.70. The van der Waals surface area contributed by atoms with Crippen LogP contribution < -0.4 is 11.2 Å². The maximum atomic E-state index is 11.9. The molecule has 2 saturated heterocycles. The maximum Gasteiger partial charge on any atom is 0.347 e. The van der Waals surface area contributed by atoms with Crippen LogP contribution in [-0.2, 0) is 24.0 Å². The van der Waals surface area contributed by atoms with E-state index in [4.69, 9.17) is 14.2 Å². The third kappa shape index (κ3) is 3.22. The Morgan fingerprint density at radius 3 is 2.57 bits per heavy atom. The Bertz CT molecular complexity index is 828. The summed E-state index contributed by atoms with van der Waals surface area (Å²) in [5.74, 6) is -1.22. The van der Waals surface area contributed by atoms with Crippen LogP contribution >= 0.6 is 0 Å². The van der Waals surface area contributed by atoms with Gasteiger partial charge in [0.2, 0.25) is 0 Å². The van der Waals surface area contributed by atoms with Crippen molar-refractivity contribution in [1.29, 1.82) is 0 Å². The molecule has 0 aromatic carbocycles. The predicted molar refractivity (Wildman–Crippen MR) is 76.6 cm³/mol. The summed E-state index contributed by atoms with van der Waals surface area (Å²) in [5, 5.41) is 3.75. The van der Waals surface area contributed by atoms with Crippen LogP contribution in [-0.4, -0.2) is 59.3 Å². The average Bonchev–Trinajstić information content (AvgIpc) is 2.83. The number of rotatable bonds is 3. The number of aromatic amines is 1. The molecule has 1 aromatic rings. The first-order valence-electron chi connectivity index (χ1n) is 6.93. The molecule has 4 atom stereocenters. The Morgan fingerprint density at radius 1 is 1.30 bits per heavy atom. The molecule has 0 unspecified atom stereocenters. The molecule has 11 heteroatoms. The summed E-state index contributed by atoms with van der Waals surface area (Å²) in [6.07, 6.45) is -1.15. The SMILES string of the molecule is CC1(C)O[C@@H]2[C@@H](O1)[C@@H](n1ncc(=O)[nH]c1=O)O[C@H]2CS(C)(=O)=O. The third-order valence-corrected chi connectivity index (χ3v) is 4.50. The van der Waals surface area contributed by atoms with Crippen molar-refractivity contribution >= 4 is 9.84 Å². The lowest BCUT2D eigenvalue weighted by molar-refractivity contribution is -0.196. The van der Waals surface area contributed by atoms with Gasteiger partial charge in [0, 0.05) is 6.26 Å². The van der Waals surface area contributed by atoms with E-state index in [0.717, 1.165) is 17.1 Å². The van der Waals surface area contributed by atoms with E-state index in [1.54, 1.807) is 13.8 Å². The quantitative estimate of drug-likeness (QED) is 0.691. The number of H-pyrrole nitrogens is 1. The number of nitrogens with zero attached hydrogens (tertiary/aromatic N) is 2. The lowest BCUT2D eigenvalue weighted by Gasteiger charge is -2.24. The van der Waals surface area contributed by atoms with E-state index in [0.29, 0.717) is 0 Å². The summed E-state index contributed by atoms with van der Waals surface area (Å²) in [6.45, 7) is 3.37. The Kier molecular flexibility index (Phi) is 3.71. The molecule has 1 aromatic heterocycles. The van der Waals surface area contributed by atoms with Crippen molar-refractivity contribution in [2.45, 2.75) is 44.2 Å². The highest BCUT2D eigenvalue weighted by Gasteiger charge is 2.57. The van der Waals surface area contributed by atoms with Crippen LogP contribution in [0.1, 0.15) is 20.1 Å². The van der Waals surface area contributed by atoms with E-state index in [1.165, 1.54) is 0 Å². The van der Waals surface area contributed by atoms with Crippen molar-refractivity contribution in [3.05, 3.63) is 27.0 Å². The van der Waals surface area contributed by atoms with Crippen LogP contribution in [0.2, 0.25) is 0 Å². The molecule has 0 saturated carbocycles. The first kappa shape index (κ1) is 16.3. The van der Waals surface area contributed by atoms with Gasteiger partial charge in [0.05, 0.1) is 5.75 Å². The summed E-state index contributed by atoms with van der Waals surface area (Å²) < 4.78 is 41.2. The van der Waals surface area contributed by atoms with E-state index in [9.17, 15) is 18.0 Å². The monoisotopic (exact) mass is 347 g/mol. The molecule has 0 spiro atoms. The fourth-order valence-electron chi connectivity index (χ4n) is 2.83. The zero-order valence-corrected chi connectivity index (χ0v) is 13.6. The number of nitrogens with one attached hydrogen (secondary N) is 1. The van der Waals surface area contributed by atoms with Gasteiger partial charge in [0.1, 0.15) is 34.3 Å². The van der Waals surface area contributed by atoms with Gasteiger partial charge in [-0.1, -0.05) is 0 Å². The van der Waals surface area contributed by atoms with E-state index < -0.39 is 51.4 Å². The van der Waals surface area contributed by atoms with Gasteiger partial charge in [-0.15, -0.1) is 0 Å². The Morgan fingerprint density at radius 2 is 1.96 bits per heavy atom. The summed E-state index contributed by atoms with van der Waals surface area (Å²) >= 11 is 0. The fraction of sp³-hybridized carbons (Fsp3) is 0.750. The van der Waals surface area contributed by atoms with Crippen molar-refractivity contribution in [3.63, 3.8) is 0 Å². The Labute approximate surface area is 131 Å². The lowest BCUT2D eigenvalue weighted by atomic mass is 10.1. The molecule has 1 N–H and O–H groups in total. The highest BCUT2D eigenvalue weighted by atomic mass is 32.2. The third-order valence-electron chi connectivity index (χ3n) is 3.57. The molecule has 0 bridgehead atoms. The number of ether oxygens (including phenoxy) is 3. The molecule has 2 aliphatic heterocycles. The van der Waals surface area contributed by atoms with Crippen LogP contribution in [0.5, 0.6) is 0 Å². The standard InChI is InChI=1S/C12H17N3O7S/c1-12(2)21-8-6(5-23(3,18)19)20-10(9(8)22-12)15-11(17)14-7(16)4-13-15/h4,6,8-10H,5H2,1-3H3,(H,14,16,17)/t6-,8-,9+,10-/m0/s1. The summed E-state index contributed by atoms with van der Waals surface area (Å²) in [7, 11) is -3.33. The zero-order valence-electron chi connectivity index (χ0n) is 12.8. The normalized spacial score (nSPS) is 32.8. The number of hydrogen-bond acceptors (Lipinski definition) is 8.